The van der Waals surface area contributed by atoms with Crippen LogP contribution >= 0.6 is 0 Å². The molecule has 0 aromatic heterocycles. The van der Waals surface area contributed by atoms with Crippen LogP contribution in [-0.2, 0) is 4.79 Å². The Morgan fingerprint density at radius 3 is 2.59 bits per heavy atom. The Bertz CT molecular complexity index is 264. The van der Waals surface area contributed by atoms with Gasteiger partial charge in [-0.1, -0.05) is 0 Å². The van der Waals surface area contributed by atoms with Gasteiger partial charge < -0.3 is 14.9 Å². The first kappa shape index (κ1) is 12.8. The number of aliphatic hydroxyl groups is 1. The largest absolute Gasteiger partial charge is 0.395 e. The molecule has 5 heteroatoms. The zero-order valence-corrected chi connectivity index (χ0v) is 10.6. The van der Waals surface area contributed by atoms with E-state index in [2.05, 4.69) is 16.8 Å². The third-order valence-electron chi connectivity index (χ3n) is 3.85. The molecule has 0 unspecified atom stereocenters. The lowest BCUT2D eigenvalue weighted by molar-refractivity contribution is -0.137. The molecular weight excluding hydrogens is 218 g/mol. The van der Waals surface area contributed by atoms with Crippen LogP contribution in [0, 0.1) is 0 Å². The number of likely N-dealkylation sites (N-methyl/N-ethyl adjacent to an activating group) is 1. The lowest BCUT2D eigenvalue weighted by Crippen LogP contribution is -2.53. The quantitative estimate of drug-likeness (QED) is 0.704. The first-order valence-corrected chi connectivity index (χ1v) is 6.54. The fourth-order valence-corrected chi connectivity index (χ4v) is 2.74. The molecular formula is C12H23N3O2. The van der Waals surface area contributed by atoms with Crippen LogP contribution in [0.1, 0.15) is 12.8 Å². The van der Waals surface area contributed by atoms with Crippen molar-refractivity contribution in [1.82, 2.24) is 14.7 Å². The van der Waals surface area contributed by atoms with Gasteiger partial charge in [-0.25, -0.2) is 0 Å². The van der Waals surface area contributed by atoms with Crippen molar-refractivity contribution in [3.05, 3.63) is 0 Å². The number of aliphatic hydroxyl groups excluding tert-OH is 1. The first-order valence-electron chi connectivity index (χ1n) is 6.54. The second kappa shape index (κ2) is 5.80. The molecule has 0 bridgehead atoms. The predicted molar refractivity (Wildman–Crippen MR) is 65.8 cm³/mol. The maximum Gasteiger partial charge on any atom is 0.240 e. The molecule has 1 N–H and O–H groups in total. The Morgan fingerprint density at radius 2 is 1.94 bits per heavy atom. The minimum atomic E-state index is 0.0190. The fraction of sp³-hybridized carbons (Fsp3) is 0.917. The van der Waals surface area contributed by atoms with E-state index in [1.54, 1.807) is 0 Å². The number of carbonyl (C=O) groups excluding carboxylic acids is 1. The zero-order valence-electron chi connectivity index (χ0n) is 10.6. The van der Waals surface area contributed by atoms with Crippen molar-refractivity contribution in [1.29, 1.82) is 0 Å². The second-order valence-electron chi connectivity index (χ2n) is 5.05. The molecule has 0 spiro atoms. The maximum atomic E-state index is 12.4. The van der Waals surface area contributed by atoms with Gasteiger partial charge in [-0.15, -0.1) is 0 Å². The molecule has 98 valence electrons. The van der Waals surface area contributed by atoms with E-state index in [9.17, 15) is 4.79 Å². The average molecular weight is 241 g/mol. The smallest absolute Gasteiger partial charge is 0.240 e. The van der Waals surface area contributed by atoms with Gasteiger partial charge in [-0.3, -0.25) is 9.69 Å². The molecule has 2 aliphatic rings. The van der Waals surface area contributed by atoms with Crippen LogP contribution in [0.2, 0.25) is 0 Å². The molecule has 1 amide bonds. The number of hydrogen-bond acceptors (Lipinski definition) is 4. The molecule has 2 rings (SSSR count). The van der Waals surface area contributed by atoms with Crippen LogP contribution in [0.15, 0.2) is 0 Å². The van der Waals surface area contributed by atoms with Gasteiger partial charge in [0.15, 0.2) is 0 Å². The van der Waals surface area contributed by atoms with Gasteiger partial charge in [0, 0.05) is 32.7 Å². The highest BCUT2D eigenvalue weighted by Crippen LogP contribution is 2.19. The summed E-state index contributed by atoms with van der Waals surface area (Å²) in [6.45, 7) is 5.36. The summed E-state index contributed by atoms with van der Waals surface area (Å²) < 4.78 is 0. The molecule has 0 aliphatic carbocycles. The van der Waals surface area contributed by atoms with Crippen molar-refractivity contribution >= 4 is 5.91 Å². The van der Waals surface area contributed by atoms with Crippen LogP contribution < -0.4 is 0 Å². The lowest BCUT2D eigenvalue weighted by Gasteiger charge is -2.35. The summed E-state index contributed by atoms with van der Waals surface area (Å²) in [5.74, 6) is 0.268. The molecule has 2 aliphatic heterocycles. The Kier molecular flexibility index (Phi) is 4.36. The van der Waals surface area contributed by atoms with Crippen molar-refractivity contribution < 1.29 is 9.90 Å². The zero-order chi connectivity index (χ0) is 12.3. The van der Waals surface area contributed by atoms with Gasteiger partial charge in [0.1, 0.15) is 0 Å². The molecule has 0 aromatic carbocycles. The lowest BCUT2D eigenvalue weighted by atomic mass is 10.1. The third-order valence-corrected chi connectivity index (χ3v) is 3.85. The van der Waals surface area contributed by atoms with E-state index in [0.717, 1.165) is 45.6 Å². The van der Waals surface area contributed by atoms with E-state index < -0.39 is 0 Å². The van der Waals surface area contributed by atoms with Crippen molar-refractivity contribution in [2.45, 2.75) is 18.9 Å². The van der Waals surface area contributed by atoms with Crippen molar-refractivity contribution in [2.75, 3.05) is 52.9 Å². The van der Waals surface area contributed by atoms with E-state index in [4.69, 9.17) is 5.11 Å². The Hall–Kier alpha value is -0.650. The van der Waals surface area contributed by atoms with Gasteiger partial charge in [0.2, 0.25) is 5.91 Å². The molecule has 1 atom stereocenters. The highest BCUT2D eigenvalue weighted by molar-refractivity contribution is 5.82. The SMILES string of the molecule is CN1CCN(C(=O)[C@@H]2CCCN2CCO)CC1. The predicted octanol–water partition coefficient (Wildman–Crippen LogP) is -0.783. The Morgan fingerprint density at radius 1 is 1.24 bits per heavy atom. The Balaban J connectivity index is 1.90. The summed E-state index contributed by atoms with van der Waals surface area (Å²) in [4.78, 5) is 18.7. The third kappa shape index (κ3) is 2.97. The molecule has 17 heavy (non-hydrogen) atoms. The summed E-state index contributed by atoms with van der Waals surface area (Å²) in [6.07, 6.45) is 2.02. The maximum absolute atomic E-state index is 12.4. The number of carbonyl (C=O) groups is 1. The standard InChI is InChI=1S/C12H23N3O2/c1-13-5-7-15(8-6-13)12(17)11-3-2-4-14(11)9-10-16/h11,16H,2-10H2,1H3/t11-/m0/s1. The number of rotatable bonds is 3. The van der Waals surface area contributed by atoms with Crippen LogP contribution in [0.5, 0.6) is 0 Å². The van der Waals surface area contributed by atoms with Crippen molar-refractivity contribution in [3.8, 4) is 0 Å². The van der Waals surface area contributed by atoms with E-state index in [-0.39, 0.29) is 18.6 Å². The normalized spacial score (nSPS) is 27.6. The van der Waals surface area contributed by atoms with E-state index >= 15 is 0 Å². The fourth-order valence-electron chi connectivity index (χ4n) is 2.74. The number of hydrogen-bond donors (Lipinski definition) is 1. The minimum Gasteiger partial charge on any atom is -0.395 e. The number of nitrogens with zero attached hydrogens (tertiary/aromatic N) is 3. The van der Waals surface area contributed by atoms with Crippen LogP contribution in [0.3, 0.4) is 0 Å². The topological polar surface area (TPSA) is 47.0 Å². The van der Waals surface area contributed by atoms with Gasteiger partial charge in [0.25, 0.3) is 0 Å². The van der Waals surface area contributed by atoms with Gasteiger partial charge in [0.05, 0.1) is 12.6 Å². The van der Waals surface area contributed by atoms with E-state index in [0.29, 0.717) is 6.54 Å². The minimum absolute atomic E-state index is 0.0190. The molecule has 0 aromatic rings. The van der Waals surface area contributed by atoms with Crippen LogP contribution in [0.25, 0.3) is 0 Å². The molecule has 2 heterocycles. The number of piperazine rings is 1. The van der Waals surface area contributed by atoms with Gasteiger partial charge >= 0.3 is 0 Å². The molecule has 2 saturated heterocycles. The second-order valence-corrected chi connectivity index (χ2v) is 5.05. The average Bonchev–Trinajstić information content (AvgIpc) is 2.78. The highest BCUT2D eigenvalue weighted by atomic mass is 16.3. The Labute approximate surface area is 103 Å². The summed E-state index contributed by atoms with van der Waals surface area (Å²) in [6, 6.07) is 0.0190. The molecule has 0 radical (unpaired) electrons. The van der Waals surface area contributed by atoms with E-state index in [1.165, 1.54) is 0 Å². The van der Waals surface area contributed by atoms with Crippen molar-refractivity contribution in [3.63, 3.8) is 0 Å². The molecule has 0 saturated carbocycles. The van der Waals surface area contributed by atoms with Crippen LogP contribution in [0.4, 0.5) is 0 Å². The summed E-state index contributed by atoms with van der Waals surface area (Å²) in [5.41, 5.74) is 0. The highest BCUT2D eigenvalue weighted by Gasteiger charge is 2.33. The summed E-state index contributed by atoms with van der Waals surface area (Å²) >= 11 is 0. The summed E-state index contributed by atoms with van der Waals surface area (Å²) in [7, 11) is 2.09. The monoisotopic (exact) mass is 241 g/mol. The van der Waals surface area contributed by atoms with Crippen LogP contribution in [-0.4, -0.2) is 84.7 Å². The van der Waals surface area contributed by atoms with Gasteiger partial charge in [-0.05, 0) is 26.4 Å². The summed E-state index contributed by atoms with van der Waals surface area (Å²) in [5, 5.41) is 9.00. The van der Waals surface area contributed by atoms with Gasteiger partial charge in [-0.2, -0.15) is 0 Å². The number of β-amino-alcohol motifs (C(OH)–C–C–N with tert-alkyl or cyclic N) is 1. The first-order chi connectivity index (χ1) is 8.22. The number of likely N-dealkylation sites (tertiary alicyclic amines) is 1. The molecule has 2 fully saturated rings. The molecule has 5 nitrogen and oxygen atoms in total. The van der Waals surface area contributed by atoms with E-state index in [1.807, 2.05) is 4.90 Å². The van der Waals surface area contributed by atoms with Crippen molar-refractivity contribution in [2.24, 2.45) is 0 Å². The number of amides is 1.